The second kappa shape index (κ2) is 12.5. The van der Waals surface area contributed by atoms with Crippen LogP contribution in [0.4, 0.5) is 0 Å². The van der Waals surface area contributed by atoms with Crippen molar-refractivity contribution in [2.24, 2.45) is 16.8 Å². The normalized spacial score (nSPS) is 14.7. The first-order valence-corrected chi connectivity index (χ1v) is 9.86. The van der Waals surface area contributed by atoms with Gasteiger partial charge in [0, 0.05) is 19.7 Å². The summed E-state index contributed by atoms with van der Waals surface area (Å²) in [7, 11) is 0. The Morgan fingerprint density at radius 1 is 1.19 bits per heavy atom. The minimum atomic E-state index is 0. The molecule has 26 heavy (non-hydrogen) atoms. The number of aryl methyl sites for hydroxylation is 2. The first kappa shape index (κ1) is 23.2. The minimum absolute atomic E-state index is 0. The van der Waals surface area contributed by atoms with Crippen LogP contribution in [0.5, 0.6) is 0 Å². The highest BCUT2D eigenvalue weighted by Gasteiger charge is 2.12. The van der Waals surface area contributed by atoms with Crippen LogP contribution in [0.15, 0.2) is 23.2 Å². The van der Waals surface area contributed by atoms with Gasteiger partial charge in [0.2, 0.25) is 0 Å². The number of aliphatic hydroxyl groups excluding tert-OH is 1. The molecule has 3 N–H and O–H groups in total. The fourth-order valence-corrected chi connectivity index (χ4v) is 3.63. The summed E-state index contributed by atoms with van der Waals surface area (Å²) in [5.41, 5.74) is 4.30. The number of guanidine groups is 1. The van der Waals surface area contributed by atoms with E-state index >= 15 is 0 Å². The van der Waals surface area contributed by atoms with Crippen LogP contribution in [0.2, 0.25) is 0 Å². The van der Waals surface area contributed by atoms with Gasteiger partial charge in [0.25, 0.3) is 0 Å². The molecule has 1 unspecified atom stereocenters. The van der Waals surface area contributed by atoms with Gasteiger partial charge in [-0.25, -0.2) is 4.99 Å². The average Bonchev–Trinajstić information content (AvgIpc) is 3.04. The van der Waals surface area contributed by atoms with Gasteiger partial charge in [-0.15, -0.1) is 24.0 Å². The summed E-state index contributed by atoms with van der Waals surface area (Å²) in [6.07, 6.45) is 5.69. The first-order chi connectivity index (χ1) is 12.1. The lowest BCUT2D eigenvalue weighted by Crippen LogP contribution is -2.40. The van der Waals surface area contributed by atoms with E-state index in [4.69, 9.17) is 4.99 Å². The van der Waals surface area contributed by atoms with E-state index in [0.717, 1.165) is 31.9 Å². The molecule has 4 nitrogen and oxygen atoms in total. The lowest BCUT2D eigenvalue weighted by atomic mass is 9.94. The van der Waals surface area contributed by atoms with Crippen molar-refractivity contribution in [1.82, 2.24) is 10.6 Å². The maximum atomic E-state index is 9.27. The van der Waals surface area contributed by atoms with Gasteiger partial charge in [0.15, 0.2) is 5.96 Å². The second-order valence-electron chi connectivity index (χ2n) is 7.54. The fraction of sp³-hybridized carbons (Fsp3) is 0.667. The van der Waals surface area contributed by atoms with Crippen LogP contribution < -0.4 is 10.6 Å². The Labute approximate surface area is 176 Å². The Balaban J connectivity index is 0.00000338. The van der Waals surface area contributed by atoms with Gasteiger partial charge < -0.3 is 15.7 Å². The van der Waals surface area contributed by atoms with Crippen LogP contribution in [0, 0.1) is 11.8 Å². The van der Waals surface area contributed by atoms with Gasteiger partial charge in [-0.1, -0.05) is 32.0 Å². The van der Waals surface area contributed by atoms with Crippen molar-refractivity contribution in [3.8, 4) is 0 Å². The van der Waals surface area contributed by atoms with Gasteiger partial charge in [-0.2, -0.15) is 0 Å². The number of hydrogen-bond acceptors (Lipinski definition) is 2. The number of rotatable bonds is 9. The molecule has 0 amide bonds. The van der Waals surface area contributed by atoms with Crippen molar-refractivity contribution in [2.75, 3.05) is 19.7 Å². The molecule has 0 radical (unpaired) electrons. The highest BCUT2D eigenvalue weighted by atomic mass is 127. The van der Waals surface area contributed by atoms with E-state index in [1.165, 1.54) is 36.0 Å². The van der Waals surface area contributed by atoms with Crippen LogP contribution in [0.1, 0.15) is 56.7 Å². The quantitative estimate of drug-likeness (QED) is 0.290. The Kier molecular flexibility index (Phi) is 11.2. The summed E-state index contributed by atoms with van der Waals surface area (Å²) in [5, 5.41) is 16.1. The van der Waals surface area contributed by atoms with E-state index in [-0.39, 0.29) is 30.6 Å². The topological polar surface area (TPSA) is 56.7 Å². The molecule has 0 saturated carbocycles. The maximum absolute atomic E-state index is 9.27. The molecule has 1 atom stereocenters. The molecule has 2 rings (SSSR count). The molecule has 0 heterocycles. The molecule has 0 spiro atoms. The van der Waals surface area contributed by atoms with E-state index in [1.54, 1.807) is 0 Å². The number of aliphatic imine (C=N–C) groups is 1. The van der Waals surface area contributed by atoms with Crippen molar-refractivity contribution in [3.05, 3.63) is 34.9 Å². The van der Waals surface area contributed by atoms with Gasteiger partial charge in [0.1, 0.15) is 0 Å². The van der Waals surface area contributed by atoms with Crippen LogP contribution in [0.25, 0.3) is 0 Å². The predicted octanol–water partition coefficient (Wildman–Crippen LogP) is 3.89. The van der Waals surface area contributed by atoms with Gasteiger partial charge >= 0.3 is 0 Å². The van der Waals surface area contributed by atoms with E-state index in [1.807, 2.05) is 0 Å². The number of aliphatic hydroxyl groups is 1. The van der Waals surface area contributed by atoms with E-state index in [0.29, 0.717) is 18.4 Å². The summed E-state index contributed by atoms with van der Waals surface area (Å²) < 4.78 is 0. The molecule has 0 saturated heterocycles. The smallest absolute Gasteiger partial charge is 0.191 e. The summed E-state index contributed by atoms with van der Waals surface area (Å²) in [5.74, 6) is 1.99. The van der Waals surface area contributed by atoms with Gasteiger partial charge in [-0.05, 0) is 67.6 Å². The maximum Gasteiger partial charge on any atom is 0.191 e. The SMILES string of the molecule is CCNC(=NCc1ccc2c(c1)CCC2)NCC(CCO)CC(C)C.I. The molecule has 0 aliphatic heterocycles. The van der Waals surface area contributed by atoms with Crippen molar-refractivity contribution in [3.63, 3.8) is 0 Å². The summed E-state index contributed by atoms with van der Waals surface area (Å²) >= 11 is 0. The molecular weight excluding hydrogens is 437 g/mol. The monoisotopic (exact) mass is 473 g/mol. The molecule has 5 heteroatoms. The van der Waals surface area contributed by atoms with Gasteiger partial charge in [0.05, 0.1) is 6.54 Å². The highest BCUT2D eigenvalue weighted by molar-refractivity contribution is 14.0. The third-order valence-corrected chi connectivity index (χ3v) is 4.83. The molecule has 148 valence electrons. The predicted molar refractivity (Wildman–Crippen MR) is 121 cm³/mol. The van der Waals surface area contributed by atoms with Crippen LogP contribution in [0.3, 0.4) is 0 Å². The highest BCUT2D eigenvalue weighted by Crippen LogP contribution is 2.23. The number of nitrogens with one attached hydrogen (secondary N) is 2. The number of nitrogens with zero attached hydrogens (tertiary/aromatic N) is 1. The Hall–Kier alpha value is -0.820. The molecule has 1 aliphatic rings. The zero-order valence-corrected chi connectivity index (χ0v) is 18.9. The van der Waals surface area contributed by atoms with E-state index in [9.17, 15) is 5.11 Å². The summed E-state index contributed by atoms with van der Waals surface area (Å²) in [4.78, 5) is 4.75. The largest absolute Gasteiger partial charge is 0.396 e. The molecule has 1 aromatic carbocycles. The Bertz CT molecular complexity index is 560. The summed E-state index contributed by atoms with van der Waals surface area (Å²) in [6.45, 7) is 9.22. The summed E-state index contributed by atoms with van der Waals surface area (Å²) in [6, 6.07) is 6.81. The number of fused-ring (bicyclic) bond motifs is 1. The van der Waals surface area contributed by atoms with Crippen molar-refractivity contribution in [1.29, 1.82) is 0 Å². The average molecular weight is 473 g/mol. The number of hydrogen-bond donors (Lipinski definition) is 3. The molecule has 0 bridgehead atoms. The lowest BCUT2D eigenvalue weighted by Gasteiger charge is -2.20. The lowest BCUT2D eigenvalue weighted by molar-refractivity contribution is 0.243. The van der Waals surface area contributed by atoms with Crippen LogP contribution in [-0.4, -0.2) is 30.8 Å². The minimum Gasteiger partial charge on any atom is -0.396 e. The van der Waals surface area contributed by atoms with Gasteiger partial charge in [-0.3, -0.25) is 0 Å². The van der Waals surface area contributed by atoms with Crippen LogP contribution >= 0.6 is 24.0 Å². The van der Waals surface area contributed by atoms with Crippen molar-refractivity contribution in [2.45, 2.75) is 59.4 Å². The third-order valence-electron chi connectivity index (χ3n) is 4.83. The third kappa shape index (κ3) is 7.82. The fourth-order valence-electron chi connectivity index (χ4n) is 3.63. The first-order valence-electron chi connectivity index (χ1n) is 9.86. The molecular formula is C21H36IN3O. The number of benzene rings is 1. The zero-order valence-electron chi connectivity index (χ0n) is 16.6. The van der Waals surface area contributed by atoms with Crippen molar-refractivity contribution < 1.29 is 5.11 Å². The van der Waals surface area contributed by atoms with E-state index < -0.39 is 0 Å². The molecule has 0 aromatic heterocycles. The molecule has 1 aromatic rings. The second-order valence-corrected chi connectivity index (χ2v) is 7.54. The molecule has 1 aliphatic carbocycles. The van der Waals surface area contributed by atoms with E-state index in [2.05, 4.69) is 49.6 Å². The van der Waals surface area contributed by atoms with Crippen LogP contribution in [-0.2, 0) is 19.4 Å². The molecule has 0 fully saturated rings. The van der Waals surface area contributed by atoms with Crippen molar-refractivity contribution >= 4 is 29.9 Å². The standard InChI is InChI=1S/C21H35N3O.HI/c1-4-22-21(24-15-18(10-11-25)12-16(2)3)23-14-17-8-9-19-6-5-7-20(19)13-17;/h8-9,13,16,18,25H,4-7,10-12,14-15H2,1-3H3,(H2,22,23,24);1H. The Morgan fingerprint density at radius 3 is 2.65 bits per heavy atom. The number of halogens is 1. The zero-order chi connectivity index (χ0) is 18.1. The Morgan fingerprint density at radius 2 is 1.96 bits per heavy atom.